The topological polar surface area (TPSA) is 109 Å². The molecule has 0 unspecified atom stereocenters. The number of methoxy groups -OCH3 is 1. The van der Waals surface area contributed by atoms with Crippen molar-refractivity contribution in [3.05, 3.63) is 144 Å². The van der Waals surface area contributed by atoms with E-state index < -0.39 is 73.7 Å². The highest BCUT2D eigenvalue weighted by atomic mass is 16.8. The van der Waals surface area contributed by atoms with Crippen LogP contribution in [0.3, 0.4) is 0 Å². The summed E-state index contributed by atoms with van der Waals surface area (Å²) in [5.74, 6) is -0.541. The van der Waals surface area contributed by atoms with Crippen LogP contribution in [0.15, 0.2) is 121 Å². The van der Waals surface area contributed by atoms with Crippen molar-refractivity contribution in [3.8, 4) is 0 Å². The summed E-state index contributed by atoms with van der Waals surface area (Å²) in [6.07, 6.45) is -8.83. The Hall–Kier alpha value is -4.01. The minimum atomic E-state index is -1.11. The lowest BCUT2D eigenvalue weighted by Gasteiger charge is -2.52. The smallest absolute Gasteiger partial charge is 0.338 e. The molecule has 5 heterocycles. The van der Waals surface area contributed by atoms with Gasteiger partial charge in [0.2, 0.25) is 0 Å². The van der Waals surface area contributed by atoms with E-state index in [2.05, 4.69) is 0 Å². The molecule has 0 amide bonds. The number of hydrogen-bond acceptors (Lipinski definition) is 11. The van der Waals surface area contributed by atoms with Gasteiger partial charge in [0.25, 0.3) is 0 Å². The molecule has 2 bridgehead atoms. The van der Waals surface area contributed by atoms with E-state index in [1.165, 1.54) is 0 Å². The van der Waals surface area contributed by atoms with Crippen LogP contribution in [0.4, 0.5) is 0 Å². The third kappa shape index (κ3) is 7.69. The lowest BCUT2D eigenvalue weighted by Crippen LogP contribution is -2.71. The molecule has 0 spiro atoms. The molecule has 272 valence electrons. The van der Waals surface area contributed by atoms with E-state index in [4.69, 9.17) is 47.4 Å². The van der Waals surface area contributed by atoms with Crippen molar-refractivity contribution in [2.24, 2.45) is 0 Å². The van der Waals surface area contributed by atoms with E-state index in [-0.39, 0.29) is 26.4 Å². The van der Waals surface area contributed by atoms with Crippen molar-refractivity contribution in [2.45, 2.75) is 87.5 Å². The van der Waals surface area contributed by atoms with Crippen molar-refractivity contribution in [1.29, 1.82) is 0 Å². The van der Waals surface area contributed by atoms with Gasteiger partial charge in [-0.05, 0) is 16.7 Å². The molecule has 4 aromatic carbocycles. The lowest BCUT2D eigenvalue weighted by atomic mass is 9.93. The van der Waals surface area contributed by atoms with E-state index in [0.29, 0.717) is 0 Å². The number of carbonyl (C=O) groups excluding carboxylic acids is 1. The van der Waals surface area contributed by atoms with Crippen molar-refractivity contribution < 1.29 is 52.2 Å². The predicted octanol–water partition coefficient (Wildman–Crippen LogP) is 5.26. The van der Waals surface area contributed by atoms with Gasteiger partial charge in [-0.25, -0.2) is 4.79 Å². The summed E-state index contributed by atoms with van der Waals surface area (Å²) in [5.41, 5.74) is 3.75. The van der Waals surface area contributed by atoms with Crippen LogP contribution in [0.25, 0.3) is 0 Å². The first kappa shape index (κ1) is 35.0. The first-order valence-corrected chi connectivity index (χ1v) is 17.6. The number of esters is 1. The first-order valence-electron chi connectivity index (χ1n) is 17.6. The Bertz CT molecular complexity index is 1710. The molecule has 0 radical (unpaired) electrons. The van der Waals surface area contributed by atoms with Crippen molar-refractivity contribution in [2.75, 3.05) is 13.7 Å². The van der Waals surface area contributed by atoms with Gasteiger partial charge in [0.15, 0.2) is 31.1 Å². The molecule has 5 fully saturated rings. The fraction of sp³-hybridized carbons (Fsp3) is 0.390. The Kier molecular flexibility index (Phi) is 11.0. The fourth-order valence-corrected chi connectivity index (χ4v) is 7.11. The zero-order chi connectivity index (χ0) is 35.3. The van der Waals surface area contributed by atoms with Crippen LogP contribution in [0.2, 0.25) is 0 Å². The minimum Gasteiger partial charge on any atom is -0.452 e. The molecule has 4 aromatic rings. The summed E-state index contributed by atoms with van der Waals surface area (Å²) in [6, 6.07) is 39.1. The molecule has 0 N–H and O–H groups in total. The normalized spacial score (nSPS) is 32.6. The Balaban J connectivity index is 1.07. The van der Waals surface area contributed by atoms with Crippen LogP contribution >= 0.6 is 0 Å². The molecule has 9 rings (SSSR count). The lowest BCUT2D eigenvalue weighted by molar-refractivity contribution is -0.403. The Morgan fingerprint density at radius 1 is 0.577 bits per heavy atom. The van der Waals surface area contributed by atoms with E-state index in [9.17, 15) is 4.79 Å². The van der Waals surface area contributed by atoms with Gasteiger partial charge in [-0.2, -0.15) is 0 Å². The molecule has 0 aromatic heterocycles. The predicted molar refractivity (Wildman–Crippen MR) is 184 cm³/mol. The standard InChI is InChI=1S/C41H42O11/c1-43-40-36(32(44-22-26-14-6-2-7-15-26)31-30(48-40)25-47-39(50-31)29-20-12-5-13-21-29)52-41-37-34(46-24-28-18-10-4-11-19-28)33(35(51-41)38(42)49-37)45-23-27-16-8-3-9-17-27/h2-21,30-37,39-41H,22-25H2,1H3/t30-,31-,32+,33+,34+,35+,36-,37+,39-,40+,41+/m1/s1. The van der Waals surface area contributed by atoms with Crippen LogP contribution < -0.4 is 0 Å². The van der Waals surface area contributed by atoms with Gasteiger partial charge in [-0.3, -0.25) is 0 Å². The van der Waals surface area contributed by atoms with Crippen LogP contribution in [-0.4, -0.2) is 81.1 Å². The number of hydrogen-bond donors (Lipinski definition) is 0. The highest BCUT2D eigenvalue weighted by molar-refractivity contribution is 5.77. The molecular formula is C41H42O11. The molecule has 52 heavy (non-hydrogen) atoms. The van der Waals surface area contributed by atoms with Crippen LogP contribution in [0, 0.1) is 0 Å². The van der Waals surface area contributed by atoms with Gasteiger partial charge < -0.3 is 47.4 Å². The molecule has 5 saturated heterocycles. The minimum absolute atomic E-state index is 0.250. The SMILES string of the molecule is CO[C@H]1O[C@@H]2CO[C@@H](c3ccccc3)O[C@H]2[C@H](OCc2ccccc2)[C@H]1O[C@@H]1O[C@@H]2C(=O)O[C@H]1[C@@H](OCc1ccccc1)[C@@H]2OCc1ccccc1. The monoisotopic (exact) mass is 710 g/mol. The van der Waals surface area contributed by atoms with Gasteiger partial charge in [-0.1, -0.05) is 121 Å². The van der Waals surface area contributed by atoms with Gasteiger partial charge in [0, 0.05) is 12.7 Å². The van der Waals surface area contributed by atoms with Gasteiger partial charge >= 0.3 is 5.97 Å². The quantitative estimate of drug-likeness (QED) is 0.170. The summed E-state index contributed by atoms with van der Waals surface area (Å²) < 4.78 is 63.6. The number of ether oxygens (including phenoxy) is 10. The maximum atomic E-state index is 13.3. The Morgan fingerprint density at radius 2 is 1.10 bits per heavy atom. The zero-order valence-electron chi connectivity index (χ0n) is 28.7. The highest BCUT2D eigenvalue weighted by Crippen LogP contribution is 2.41. The second-order valence-corrected chi connectivity index (χ2v) is 13.2. The third-order valence-electron chi connectivity index (χ3n) is 9.71. The zero-order valence-corrected chi connectivity index (χ0v) is 28.7. The molecule has 0 saturated carbocycles. The molecule has 11 atom stereocenters. The molecule has 5 aliphatic rings. The summed E-state index contributed by atoms with van der Waals surface area (Å²) in [6.45, 7) is 1.04. The van der Waals surface area contributed by atoms with Crippen molar-refractivity contribution in [1.82, 2.24) is 0 Å². The molecule has 11 nitrogen and oxygen atoms in total. The second-order valence-electron chi connectivity index (χ2n) is 13.2. The first-order chi connectivity index (χ1) is 25.6. The fourth-order valence-electron chi connectivity index (χ4n) is 7.11. The number of rotatable bonds is 13. The average Bonchev–Trinajstić information content (AvgIpc) is 3.20. The maximum absolute atomic E-state index is 13.3. The van der Waals surface area contributed by atoms with Gasteiger partial charge in [-0.15, -0.1) is 0 Å². The van der Waals surface area contributed by atoms with Crippen LogP contribution in [-0.2, 0) is 72.0 Å². The van der Waals surface area contributed by atoms with E-state index in [1.54, 1.807) is 7.11 Å². The van der Waals surface area contributed by atoms with E-state index >= 15 is 0 Å². The van der Waals surface area contributed by atoms with E-state index in [0.717, 1.165) is 22.3 Å². The number of fused-ring (bicyclic) bond motifs is 4. The van der Waals surface area contributed by atoms with Gasteiger partial charge in [0.1, 0.15) is 36.6 Å². The highest BCUT2D eigenvalue weighted by Gasteiger charge is 2.61. The Morgan fingerprint density at radius 3 is 1.65 bits per heavy atom. The second kappa shape index (κ2) is 16.3. The number of carbonyl (C=O) groups is 1. The Labute approximate surface area is 302 Å². The van der Waals surface area contributed by atoms with Gasteiger partial charge in [0.05, 0.1) is 26.4 Å². The molecule has 0 aliphatic carbocycles. The molecule has 11 heteroatoms. The molecular weight excluding hydrogens is 668 g/mol. The maximum Gasteiger partial charge on any atom is 0.338 e. The summed E-state index contributed by atoms with van der Waals surface area (Å²) in [4.78, 5) is 13.3. The van der Waals surface area contributed by atoms with Crippen molar-refractivity contribution in [3.63, 3.8) is 0 Å². The van der Waals surface area contributed by atoms with Crippen LogP contribution in [0.1, 0.15) is 28.5 Å². The largest absolute Gasteiger partial charge is 0.452 e. The van der Waals surface area contributed by atoms with Crippen molar-refractivity contribution >= 4 is 5.97 Å². The third-order valence-corrected chi connectivity index (χ3v) is 9.71. The van der Waals surface area contributed by atoms with Crippen LogP contribution in [0.5, 0.6) is 0 Å². The number of benzene rings is 4. The molecule has 5 aliphatic heterocycles. The average molecular weight is 711 g/mol. The summed E-state index contributed by atoms with van der Waals surface area (Å²) >= 11 is 0. The summed E-state index contributed by atoms with van der Waals surface area (Å²) in [7, 11) is 1.54. The van der Waals surface area contributed by atoms with E-state index in [1.807, 2.05) is 121 Å². The summed E-state index contributed by atoms with van der Waals surface area (Å²) in [5, 5.41) is 0.